The Balaban J connectivity index is 2.07. The molecule has 0 aliphatic carbocycles. The molecule has 0 fully saturated rings. The quantitative estimate of drug-likeness (QED) is 0.839. The van der Waals surface area contributed by atoms with Crippen LogP contribution in [0.15, 0.2) is 42.5 Å². The van der Waals surface area contributed by atoms with E-state index in [-0.39, 0.29) is 11.6 Å². The summed E-state index contributed by atoms with van der Waals surface area (Å²) in [7, 11) is 0. The Hall–Kier alpha value is -2.05. The Bertz CT molecular complexity index is 607. The number of hydrogen-bond donors (Lipinski definition) is 0. The second-order valence-corrected chi connectivity index (χ2v) is 4.08. The third-order valence-electron chi connectivity index (χ3n) is 2.35. The van der Waals surface area contributed by atoms with Crippen molar-refractivity contribution in [2.45, 2.75) is 6.61 Å². The van der Waals surface area contributed by atoms with E-state index in [1.54, 1.807) is 30.3 Å². The maximum atomic E-state index is 13.2. The van der Waals surface area contributed by atoms with Gasteiger partial charge in [0.1, 0.15) is 18.2 Å². The fraction of sp³-hybridized carbons (Fsp3) is 0.0714. The molecular formula is C14H9ClFNO. The molecular weight excluding hydrogens is 253 g/mol. The first kappa shape index (κ1) is 12.4. The van der Waals surface area contributed by atoms with Gasteiger partial charge in [0.25, 0.3) is 0 Å². The molecule has 2 aromatic rings. The van der Waals surface area contributed by atoms with E-state index >= 15 is 0 Å². The molecule has 0 heterocycles. The minimum atomic E-state index is -0.469. The van der Waals surface area contributed by atoms with Crippen molar-refractivity contribution in [1.82, 2.24) is 0 Å². The van der Waals surface area contributed by atoms with E-state index in [1.807, 2.05) is 6.07 Å². The first-order chi connectivity index (χ1) is 8.69. The number of nitrogens with zero attached hydrogens (tertiary/aromatic N) is 1. The van der Waals surface area contributed by atoms with Crippen LogP contribution in [0.4, 0.5) is 4.39 Å². The molecule has 0 amide bonds. The predicted molar refractivity (Wildman–Crippen MR) is 66.9 cm³/mol. The first-order valence-electron chi connectivity index (χ1n) is 5.26. The zero-order valence-electron chi connectivity index (χ0n) is 9.36. The molecule has 0 N–H and O–H groups in total. The highest BCUT2D eigenvalue weighted by molar-refractivity contribution is 6.30. The van der Waals surface area contributed by atoms with Gasteiger partial charge in [-0.25, -0.2) is 4.39 Å². The van der Waals surface area contributed by atoms with Gasteiger partial charge in [0.15, 0.2) is 0 Å². The zero-order valence-corrected chi connectivity index (χ0v) is 10.1. The molecule has 0 radical (unpaired) electrons. The molecule has 4 heteroatoms. The number of hydrogen-bond acceptors (Lipinski definition) is 2. The normalized spacial score (nSPS) is 9.83. The first-order valence-corrected chi connectivity index (χ1v) is 5.64. The molecule has 0 saturated heterocycles. The fourth-order valence-corrected chi connectivity index (χ4v) is 1.57. The lowest BCUT2D eigenvalue weighted by Gasteiger charge is -2.06. The van der Waals surface area contributed by atoms with Gasteiger partial charge in [-0.05, 0) is 35.9 Å². The summed E-state index contributed by atoms with van der Waals surface area (Å²) in [6, 6.07) is 13.3. The average Bonchev–Trinajstić information content (AvgIpc) is 2.40. The molecule has 0 unspecified atom stereocenters. The van der Waals surface area contributed by atoms with Crippen LogP contribution >= 0.6 is 11.6 Å². The van der Waals surface area contributed by atoms with Crippen molar-refractivity contribution in [3.8, 4) is 11.8 Å². The molecule has 0 aromatic heterocycles. The molecule has 90 valence electrons. The van der Waals surface area contributed by atoms with Gasteiger partial charge in [-0.3, -0.25) is 0 Å². The zero-order chi connectivity index (χ0) is 13.0. The SMILES string of the molecule is N#Cc1cccc(OCc2ccc(Cl)c(F)c2)c1. The third kappa shape index (κ3) is 2.99. The highest BCUT2D eigenvalue weighted by Gasteiger charge is 2.02. The van der Waals surface area contributed by atoms with Crippen LogP contribution in [0.25, 0.3) is 0 Å². The highest BCUT2D eigenvalue weighted by atomic mass is 35.5. The Kier molecular flexibility index (Phi) is 3.81. The molecule has 2 nitrogen and oxygen atoms in total. The van der Waals surface area contributed by atoms with Crippen LogP contribution in [0, 0.1) is 17.1 Å². The van der Waals surface area contributed by atoms with Crippen LogP contribution in [0.3, 0.4) is 0 Å². The summed E-state index contributed by atoms with van der Waals surface area (Å²) in [6.45, 7) is 0.225. The minimum absolute atomic E-state index is 0.0882. The predicted octanol–water partition coefficient (Wildman–Crippen LogP) is 3.93. The third-order valence-corrected chi connectivity index (χ3v) is 2.66. The molecule has 0 aliphatic rings. The van der Waals surface area contributed by atoms with E-state index in [0.29, 0.717) is 16.9 Å². The number of ether oxygens (including phenoxy) is 1. The molecule has 0 spiro atoms. The van der Waals surface area contributed by atoms with Crippen molar-refractivity contribution < 1.29 is 9.13 Å². The van der Waals surface area contributed by atoms with Crippen molar-refractivity contribution in [2.24, 2.45) is 0 Å². The lowest BCUT2D eigenvalue weighted by Crippen LogP contribution is -1.96. The van der Waals surface area contributed by atoms with E-state index in [0.717, 1.165) is 0 Å². The molecule has 0 saturated carbocycles. The summed E-state index contributed by atoms with van der Waals surface area (Å²) >= 11 is 5.59. The summed E-state index contributed by atoms with van der Waals surface area (Å²) in [5, 5.41) is 8.83. The number of benzene rings is 2. The van der Waals surface area contributed by atoms with Crippen molar-refractivity contribution in [3.63, 3.8) is 0 Å². The van der Waals surface area contributed by atoms with Gasteiger partial charge >= 0.3 is 0 Å². The molecule has 0 aliphatic heterocycles. The molecule has 2 rings (SSSR count). The Morgan fingerprint density at radius 3 is 2.78 bits per heavy atom. The van der Waals surface area contributed by atoms with Gasteiger partial charge in [-0.2, -0.15) is 5.26 Å². The Morgan fingerprint density at radius 1 is 1.22 bits per heavy atom. The van der Waals surface area contributed by atoms with Gasteiger partial charge in [-0.1, -0.05) is 23.7 Å². The standard InChI is InChI=1S/C14H9ClFNO/c15-13-5-4-11(7-14(13)16)9-18-12-3-1-2-10(6-12)8-17/h1-7H,9H2. The van der Waals surface area contributed by atoms with E-state index in [1.165, 1.54) is 12.1 Å². The van der Waals surface area contributed by atoms with Crippen LogP contribution in [-0.4, -0.2) is 0 Å². The number of nitriles is 1. The summed E-state index contributed by atoms with van der Waals surface area (Å²) in [5.41, 5.74) is 1.20. The number of halogens is 2. The van der Waals surface area contributed by atoms with Gasteiger partial charge in [0, 0.05) is 0 Å². The maximum Gasteiger partial charge on any atom is 0.142 e. The van der Waals surface area contributed by atoms with Crippen LogP contribution in [0.2, 0.25) is 5.02 Å². The summed E-state index contributed by atoms with van der Waals surface area (Å²) < 4.78 is 18.7. The molecule has 18 heavy (non-hydrogen) atoms. The van der Waals surface area contributed by atoms with Crippen LogP contribution in [0.1, 0.15) is 11.1 Å². The highest BCUT2D eigenvalue weighted by Crippen LogP contribution is 2.18. The van der Waals surface area contributed by atoms with Gasteiger partial charge in [0.05, 0.1) is 16.7 Å². The van der Waals surface area contributed by atoms with Gasteiger partial charge in [0.2, 0.25) is 0 Å². The van der Waals surface area contributed by atoms with Crippen LogP contribution < -0.4 is 4.74 Å². The second-order valence-electron chi connectivity index (χ2n) is 3.68. The average molecular weight is 262 g/mol. The lowest BCUT2D eigenvalue weighted by molar-refractivity contribution is 0.305. The van der Waals surface area contributed by atoms with Gasteiger partial charge in [-0.15, -0.1) is 0 Å². The Morgan fingerprint density at radius 2 is 2.06 bits per heavy atom. The Labute approximate surface area is 109 Å². The summed E-state index contributed by atoms with van der Waals surface area (Å²) in [4.78, 5) is 0. The summed E-state index contributed by atoms with van der Waals surface area (Å²) in [5.74, 6) is 0.105. The molecule has 0 bridgehead atoms. The topological polar surface area (TPSA) is 33.0 Å². The summed E-state index contributed by atoms with van der Waals surface area (Å²) in [6.07, 6.45) is 0. The number of rotatable bonds is 3. The van der Waals surface area contributed by atoms with Crippen molar-refractivity contribution >= 4 is 11.6 Å². The second kappa shape index (κ2) is 5.52. The van der Waals surface area contributed by atoms with E-state index in [4.69, 9.17) is 21.6 Å². The van der Waals surface area contributed by atoms with E-state index < -0.39 is 5.82 Å². The van der Waals surface area contributed by atoms with Crippen molar-refractivity contribution in [3.05, 3.63) is 64.4 Å². The van der Waals surface area contributed by atoms with Crippen LogP contribution in [-0.2, 0) is 6.61 Å². The monoisotopic (exact) mass is 261 g/mol. The van der Waals surface area contributed by atoms with Crippen molar-refractivity contribution in [1.29, 1.82) is 5.26 Å². The smallest absolute Gasteiger partial charge is 0.142 e. The molecule has 0 atom stereocenters. The lowest BCUT2D eigenvalue weighted by atomic mass is 10.2. The van der Waals surface area contributed by atoms with Crippen molar-refractivity contribution in [2.75, 3.05) is 0 Å². The maximum absolute atomic E-state index is 13.2. The van der Waals surface area contributed by atoms with E-state index in [2.05, 4.69) is 0 Å². The molecule has 2 aromatic carbocycles. The fourth-order valence-electron chi connectivity index (χ4n) is 1.45. The minimum Gasteiger partial charge on any atom is -0.489 e. The van der Waals surface area contributed by atoms with Gasteiger partial charge < -0.3 is 4.74 Å². The van der Waals surface area contributed by atoms with E-state index in [9.17, 15) is 4.39 Å². The largest absolute Gasteiger partial charge is 0.489 e. The van der Waals surface area contributed by atoms with Crippen LogP contribution in [0.5, 0.6) is 5.75 Å².